The maximum atomic E-state index is 5.97. The minimum absolute atomic E-state index is 0.487. The third-order valence-electron chi connectivity index (χ3n) is 2.10. The quantitative estimate of drug-likeness (QED) is 0.807. The van der Waals surface area contributed by atoms with Crippen LogP contribution in [0.5, 0.6) is 5.75 Å². The first-order chi connectivity index (χ1) is 7.24. The number of hydrogen-bond acceptors (Lipinski definition) is 2. The van der Waals surface area contributed by atoms with Gasteiger partial charge in [-0.3, -0.25) is 0 Å². The second-order valence-corrected chi connectivity index (χ2v) is 4.06. The van der Waals surface area contributed by atoms with Gasteiger partial charge in [-0.15, -0.1) is 0 Å². The summed E-state index contributed by atoms with van der Waals surface area (Å²) in [5, 5.41) is 3.96. The zero-order chi connectivity index (χ0) is 11.1. The van der Waals surface area contributed by atoms with Gasteiger partial charge in [0.05, 0.1) is 11.6 Å². The summed E-state index contributed by atoms with van der Waals surface area (Å²) in [4.78, 5) is 0. The Kier molecular flexibility index (Phi) is 5.51. The molecule has 0 saturated carbocycles. The van der Waals surface area contributed by atoms with Crippen LogP contribution in [0.3, 0.4) is 0 Å². The topological polar surface area (TPSA) is 21.3 Å². The van der Waals surface area contributed by atoms with E-state index in [1.54, 1.807) is 0 Å². The van der Waals surface area contributed by atoms with Crippen molar-refractivity contribution in [2.24, 2.45) is 5.92 Å². The second kappa shape index (κ2) is 6.70. The highest BCUT2D eigenvalue weighted by Gasteiger charge is 2.04. The van der Waals surface area contributed by atoms with Crippen LogP contribution in [0.25, 0.3) is 0 Å². The summed E-state index contributed by atoms with van der Waals surface area (Å²) in [6, 6.07) is 7.56. The Balaban J connectivity index is 2.33. The van der Waals surface area contributed by atoms with E-state index in [0.717, 1.165) is 18.8 Å². The van der Waals surface area contributed by atoms with Crippen LogP contribution in [0.2, 0.25) is 5.02 Å². The molecule has 0 aliphatic rings. The van der Waals surface area contributed by atoms with Crippen molar-refractivity contribution in [2.45, 2.75) is 13.8 Å². The fourth-order valence-electron chi connectivity index (χ4n) is 1.24. The molecule has 1 atom stereocenters. The van der Waals surface area contributed by atoms with Gasteiger partial charge in [-0.25, -0.2) is 0 Å². The lowest BCUT2D eigenvalue weighted by Gasteiger charge is -2.13. The van der Waals surface area contributed by atoms with E-state index in [2.05, 4.69) is 19.2 Å². The number of halogens is 1. The fourth-order valence-corrected chi connectivity index (χ4v) is 1.43. The van der Waals surface area contributed by atoms with E-state index >= 15 is 0 Å². The second-order valence-electron chi connectivity index (χ2n) is 3.65. The lowest BCUT2D eigenvalue weighted by Crippen LogP contribution is -2.24. The zero-order valence-electron chi connectivity index (χ0n) is 9.29. The molecule has 0 heterocycles. The number of para-hydroxylation sites is 1. The molecule has 1 N–H and O–H groups in total. The van der Waals surface area contributed by atoms with Crippen molar-refractivity contribution in [3.05, 3.63) is 29.3 Å². The summed E-state index contributed by atoms with van der Waals surface area (Å²) >= 11 is 5.97. The summed E-state index contributed by atoms with van der Waals surface area (Å²) in [6.45, 7) is 6.91. The van der Waals surface area contributed by atoms with E-state index in [0.29, 0.717) is 17.5 Å². The third-order valence-corrected chi connectivity index (χ3v) is 2.42. The Morgan fingerprint density at radius 1 is 1.40 bits per heavy atom. The molecule has 0 fully saturated rings. The molecule has 1 rings (SSSR count). The molecule has 0 saturated heterocycles. The molecule has 3 heteroatoms. The van der Waals surface area contributed by atoms with E-state index in [1.165, 1.54) is 0 Å². The van der Waals surface area contributed by atoms with E-state index in [1.807, 2.05) is 24.3 Å². The van der Waals surface area contributed by atoms with Gasteiger partial charge in [0.1, 0.15) is 5.75 Å². The number of benzene rings is 1. The molecule has 1 aromatic carbocycles. The van der Waals surface area contributed by atoms with Crippen molar-refractivity contribution >= 4 is 11.6 Å². The molecule has 1 aromatic rings. The van der Waals surface area contributed by atoms with Gasteiger partial charge in [-0.1, -0.05) is 37.6 Å². The van der Waals surface area contributed by atoms with Crippen LogP contribution in [0, 0.1) is 5.92 Å². The van der Waals surface area contributed by atoms with Gasteiger partial charge >= 0.3 is 0 Å². The maximum absolute atomic E-state index is 5.97. The Hall–Kier alpha value is -0.730. The number of rotatable bonds is 6. The van der Waals surface area contributed by atoms with Gasteiger partial charge < -0.3 is 10.1 Å². The fraction of sp³-hybridized carbons (Fsp3) is 0.500. The van der Waals surface area contributed by atoms with Gasteiger partial charge in [0.25, 0.3) is 0 Å². The van der Waals surface area contributed by atoms with E-state index in [4.69, 9.17) is 16.3 Å². The maximum Gasteiger partial charge on any atom is 0.137 e. The van der Waals surface area contributed by atoms with Gasteiger partial charge in [-0.2, -0.15) is 0 Å². The van der Waals surface area contributed by atoms with Gasteiger partial charge in [0, 0.05) is 12.5 Å². The highest BCUT2D eigenvalue weighted by molar-refractivity contribution is 6.32. The van der Waals surface area contributed by atoms with Crippen LogP contribution in [-0.4, -0.2) is 19.7 Å². The van der Waals surface area contributed by atoms with Crippen LogP contribution in [0.1, 0.15) is 13.8 Å². The van der Waals surface area contributed by atoms with Crippen LogP contribution in [0.15, 0.2) is 24.3 Å². The number of nitrogens with one attached hydrogen (secondary N) is 1. The molecule has 0 amide bonds. The predicted molar refractivity (Wildman–Crippen MR) is 64.7 cm³/mol. The first-order valence-corrected chi connectivity index (χ1v) is 5.70. The molecule has 84 valence electrons. The molecule has 0 aliphatic heterocycles. The summed E-state index contributed by atoms with van der Waals surface area (Å²) in [5.74, 6) is 1.25. The summed E-state index contributed by atoms with van der Waals surface area (Å²) in [6.07, 6.45) is 0. The van der Waals surface area contributed by atoms with Gasteiger partial charge in [-0.05, 0) is 18.7 Å². The molecule has 15 heavy (non-hydrogen) atoms. The Morgan fingerprint density at radius 3 is 2.80 bits per heavy atom. The van der Waals surface area contributed by atoms with Crippen LogP contribution in [0.4, 0.5) is 0 Å². The average molecular weight is 228 g/mol. The summed E-state index contributed by atoms with van der Waals surface area (Å²) in [5.41, 5.74) is 0. The average Bonchev–Trinajstić information content (AvgIpc) is 2.25. The summed E-state index contributed by atoms with van der Waals surface area (Å²) in [7, 11) is 0. The largest absolute Gasteiger partial charge is 0.492 e. The highest BCUT2D eigenvalue weighted by atomic mass is 35.5. The minimum atomic E-state index is 0.487. The smallest absolute Gasteiger partial charge is 0.137 e. The first-order valence-electron chi connectivity index (χ1n) is 5.32. The normalized spacial score (nSPS) is 12.5. The van der Waals surface area contributed by atoms with Crippen LogP contribution >= 0.6 is 11.6 Å². The molecule has 2 nitrogen and oxygen atoms in total. The zero-order valence-corrected chi connectivity index (χ0v) is 10.1. The molecule has 0 bridgehead atoms. The number of ether oxygens (including phenoxy) is 1. The van der Waals surface area contributed by atoms with Crippen molar-refractivity contribution in [1.29, 1.82) is 0 Å². The van der Waals surface area contributed by atoms with Gasteiger partial charge in [0.15, 0.2) is 0 Å². The van der Waals surface area contributed by atoms with E-state index in [9.17, 15) is 0 Å². The van der Waals surface area contributed by atoms with Crippen molar-refractivity contribution in [1.82, 2.24) is 5.32 Å². The van der Waals surface area contributed by atoms with Crippen molar-refractivity contribution < 1.29 is 4.74 Å². The molecule has 1 unspecified atom stereocenters. The Bertz CT molecular complexity index is 291. The lowest BCUT2D eigenvalue weighted by molar-refractivity contribution is 0.256. The minimum Gasteiger partial charge on any atom is -0.492 e. The number of hydrogen-bond donors (Lipinski definition) is 1. The van der Waals surface area contributed by atoms with Crippen LogP contribution < -0.4 is 10.1 Å². The van der Waals surface area contributed by atoms with Gasteiger partial charge in [0.2, 0.25) is 0 Å². The SMILES string of the molecule is CCNCC(C)COc1ccccc1Cl. The van der Waals surface area contributed by atoms with E-state index in [-0.39, 0.29) is 0 Å². The van der Waals surface area contributed by atoms with Crippen molar-refractivity contribution in [3.8, 4) is 5.75 Å². The highest BCUT2D eigenvalue weighted by Crippen LogP contribution is 2.23. The van der Waals surface area contributed by atoms with E-state index < -0.39 is 0 Å². The lowest BCUT2D eigenvalue weighted by atomic mass is 10.2. The molecule has 0 radical (unpaired) electrons. The first kappa shape index (κ1) is 12.3. The standard InChI is InChI=1S/C12H18ClNO/c1-3-14-8-10(2)9-15-12-7-5-4-6-11(12)13/h4-7,10,14H,3,8-9H2,1-2H3. The Morgan fingerprint density at radius 2 is 2.13 bits per heavy atom. The van der Waals surface area contributed by atoms with Crippen molar-refractivity contribution in [3.63, 3.8) is 0 Å². The van der Waals surface area contributed by atoms with Crippen molar-refractivity contribution in [2.75, 3.05) is 19.7 Å². The molecular weight excluding hydrogens is 210 g/mol. The molecular formula is C12H18ClNO. The Labute approximate surface area is 96.6 Å². The summed E-state index contributed by atoms with van der Waals surface area (Å²) < 4.78 is 5.62. The molecule has 0 aliphatic carbocycles. The van der Waals surface area contributed by atoms with Crippen LogP contribution in [-0.2, 0) is 0 Å². The molecule has 0 aromatic heterocycles. The monoisotopic (exact) mass is 227 g/mol. The third kappa shape index (κ3) is 4.54. The molecule has 0 spiro atoms. The predicted octanol–water partition coefficient (Wildman–Crippen LogP) is 2.96.